The van der Waals surface area contributed by atoms with Gasteiger partial charge < -0.3 is 4.57 Å². The van der Waals surface area contributed by atoms with E-state index in [0.717, 1.165) is 42.7 Å². The Kier molecular flexibility index (Phi) is 7.56. The summed E-state index contributed by atoms with van der Waals surface area (Å²) < 4.78 is 2.19. The van der Waals surface area contributed by atoms with Gasteiger partial charge in [-0.1, -0.05) is 26.3 Å². The van der Waals surface area contributed by atoms with Crippen LogP contribution in [0.5, 0.6) is 0 Å². The van der Waals surface area contributed by atoms with Gasteiger partial charge in [0.05, 0.1) is 17.4 Å². The number of hydrogen-bond donors (Lipinski definition) is 2. The summed E-state index contributed by atoms with van der Waals surface area (Å²) in [5.74, 6) is -0.550. The zero-order valence-electron chi connectivity index (χ0n) is 16.9. The van der Waals surface area contributed by atoms with Crippen LogP contribution in [0.25, 0.3) is 17.1 Å². The molecule has 2 aromatic rings. The molecule has 0 aliphatic rings. The summed E-state index contributed by atoms with van der Waals surface area (Å²) in [6.45, 7) is 12.1. The fourth-order valence-electron chi connectivity index (χ4n) is 3.56. The molecule has 0 spiro atoms. The Morgan fingerprint density at radius 1 is 1.30 bits per heavy atom. The van der Waals surface area contributed by atoms with Gasteiger partial charge in [0.1, 0.15) is 0 Å². The molecule has 0 saturated carbocycles. The Morgan fingerprint density at radius 2 is 2.07 bits per heavy atom. The largest absolute Gasteiger partial charge is 0.329 e. The molecule has 0 aliphatic carbocycles. The molecule has 0 saturated heterocycles. The van der Waals surface area contributed by atoms with E-state index in [1.54, 1.807) is 11.6 Å². The number of nitrogens with one attached hydrogen (secondary N) is 1. The van der Waals surface area contributed by atoms with Crippen LogP contribution in [-0.4, -0.2) is 44.2 Å². The molecule has 0 fully saturated rings. The summed E-state index contributed by atoms with van der Waals surface area (Å²) in [6, 6.07) is 5.92. The average molecular weight is 373 g/mol. The molecule has 1 amide bonds. The van der Waals surface area contributed by atoms with E-state index in [4.69, 9.17) is 5.21 Å². The van der Waals surface area contributed by atoms with Crippen LogP contribution >= 0.6 is 0 Å². The van der Waals surface area contributed by atoms with Crippen molar-refractivity contribution in [2.24, 2.45) is 0 Å². The van der Waals surface area contributed by atoms with E-state index < -0.39 is 5.91 Å². The van der Waals surface area contributed by atoms with Gasteiger partial charge >= 0.3 is 0 Å². The summed E-state index contributed by atoms with van der Waals surface area (Å²) in [5.41, 5.74) is 4.64. The molecule has 0 atom stereocenters. The van der Waals surface area contributed by atoms with E-state index in [9.17, 15) is 4.79 Å². The number of aromatic nitrogens is 2. The Morgan fingerprint density at radius 3 is 2.74 bits per heavy atom. The first-order valence-electron chi connectivity index (χ1n) is 9.73. The number of fused-ring (bicyclic) bond motifs is 1. The van der Waals surface area contributed by atoms with Gasteiger partial charge in [-0.05, 0) is 57.0 Å². The van der Waals surface area contributed by atoms with Crippen molar-refractivity contribution in [1.82, 2.24) is 19.9 Å². The highest BCUT2D eigenvalue weighted by atomic mass is 16.5. The highest BCUT2D eigenvalue weighted by molar-refractivity contribution is 5.91. The lowest BCUT2D eigenvalue weighted by Gasteiger charge is -2.38. The van der Waals surface area contributed by atoms with Crippen molar-refractivity contribution in [3.8, 4) is 0 Å². The van der Waals surface area contributed by atoms with Gasteiger partial charge in [-0.25, -0.2) is 10.5 Å². The number of carbonyl (C=O) groups excluding carboxylic acids is 1. The number of benzene rings is 1. The Labute approximate surface area is 161 Å². The molecule has 1 heterocycles. The summed E-state index contributed by atoms with van der Waals surface area (Å²) in [5, 5.41) is 8.55. The van der Waals surface area contributed by atoms with E-state index in [1.807, 2.05) is 24.5 Å². The minimum Gasteiger partial charge on any atom is -0.329 e. The lowest BCUT2D eigenvalue weighted by Crippen LogP contribution is -2.45. The van der Waals surface area contributed by atoms with Crippen LogP contribution in [-0.2, 0) is 11.3 Å². The predicted octanol–water partition coefficient (Wildman–Crippen LogP) is 3.85. The van der Waals surface area contributed by atoms with Gasteiger partial charge in [-0.3, -0.25) is 14.9 Å². The van der Waals surface area contributed by atoms with Crippen LogP contribution in [0.1, 0.15) is 52.5 Å². The highest BCUT2D eigenvalue weighted by Gasteiger charge is 2.24. The first kappa shape index (κ1) is 21.1. The average Bonchev–Trinajstić information content (AvgIpc) is 3.05. The second-order valence-corrected chi connectivity index (χ2v) is 7.54. The summed E-state index contributed by atoms with van der Waals surface area (Å²) >= 11 is 0. The first-order valence-corrected chi connectivity index (χ1v) is 9.73. The smallest absolute Gasteiger partial charge is 0.267 e. The maximum atomic E-state index is 11.1. The second-order valence-electron chi connectivity index (χ2n) is 7.54. The molecule has 1 aromatic heterocycles. The van der Waals surface area contributed by atoms with Crippen molar-refractivity contribution in [1.29, 1.82) is 0 Å². The predicted molar refractivity (Wildman–Crippen MR) is 110 cm³/mol. The van der Waals surface area contributed by atoms with Crippen molar-refractivity contribution < 1.29 is 10.0 Å². The minimum atomic E-state index is -0.550. The number of carbonyl (C=O) groups is 1. The molecule has 0 unspecified atom stereocenters. The third-order valence-electron chi connectivity index (χ3n) is 5.00. The maximum Gasteiger partial charge on any atom is 0.267 e. The number of hydroxylamine groups is 1. The summed E-state index contributed by atoms with van der Waals surface area (Å²) in [6.07, 6.45) is 8.35. The molecule has 1 aromatic carbocycles. The number of amides is 1. The summed E-state index contributed by atoms with van der Waals surface area (Å²) in [7, 11) is 0. The molecule has 27 heavy (non-hydrogen) atoms. The molecular formula is C21H32N4O2. The Balaban J connectivity index is 2.12. The number of nitrogens with zero attached hydrogens (tertiary/aromatic N) is 3. The molecule has 0 radical (unpaired) electrons. The number of hydrogen-bond acceptors (Lipinski definition) is 4. The Hall–Kier alpha value is -2.18. The minimum absolute atomic E-state index is 0.201. The van der Waals surface area contributed by atoms with Gasteiger partial charge in [0, 0.05) is 24.7 Å². The van der Waals surface area contributed by atoms with Crippen LogP contribution < -0.4 is 5.48 Å². The molecule has 0 bridgehead atoms. The van der Waals surface area contributed by atoms with Crippen LogP contribution in [0.2, 0.25) is 0 Å². The maximum absolute atomic E-state index is 11.1. The van der Waals surface area contributed by atoms with Gasteiger partial charge in [0.15, 0.2) is 0 Å². The molecule has 6 heteroatoms. The van der Waals surface area contributed by atoms with E-state index in [2.05, 4.69) is 42.1 Å². The fourth-order valence-corrected chi connectivity index (χ4v) is 3.56. The van der Waals surface area contributed by atoms with Crippen molar-refractivity contribution in [3.05, 3.63) is 36.2 Å². The van der Waals surface area contributed by atoms with E-state index in [0.29, 0.717) is 0 Å². The molecule has 6 nitrogen and oxygen atoms in total. The lowest BCUT2D eigenvalue weighted by atomic mass is 9.96. The molecule has 2 N–H and O–H groups in total. The van der Waals surface area contributed by atoms with Crippen molar-refractivity contribution >= 4 is 23.0 Å². The van der Waals surface area contributed by atoms with Crippen molar-refractivity contribution in [2.75, 3.05) is 13.1 Å². The molecule has 148 valence electrons. The van der Waals surface area contributed by atoms with Crippen molar-refractivity contribution in [2.45, 2.75) is 59.0 Å². The molecular weight excluding hydrogens is 340 g/mol. The van der Waals surface area contributed by atoms with Crippen LogP contribution in [0.3, 0.4) is 0 Å². The quantitative estimate of drug-likeness (QED) is 0.378. The van der Waals surface area contributed by atoms with Crippen LogP contribution in [0.4, 0.5) is 0 Å². The fraction of sp³-hybridized carbons (Fsp3) is 0.524. The zero-order valence-corrected chi connectivity index (χ0v) is 16.9. The topological polar surface area (TPSA) is 70.4 Å². The first-order chi connectivity index (χ1) is 12.9. The third-order valence-corrected chi connectivity index (χ3v) is 5.00. The van der Waals surface area contributed by atoms with Gasteiger partial charge in [0.2, 0.25) is 0 Å². The molecule has 2 rings (SSSR count). The highest BCUT2D eigenvalue weighted by Crippen LogP contribution is 2.22. The Bertz CT molecular complexity index is 780. The lowest BCUT2D eigenvalue weighted by molar-refractivity contribution is -0.124. The van der Waals surface area contributed by atoms with E-state index in [-0.39, 0.29) is 5.54 Å². The zero-order chi connectivity index (χ0) is 19.9. The monoisotopic (exact) mass is 372 g/mol. The number of imidazole rings is 1. The van der Waals surface area contributed by atoms with Gasteiger partial charge in [-0.2, -0.15) is 0 Å². The van der Waals surface area contributed by atoms with Gasteiger partial charge in [0.25, 0.3) is 5.91 Å². The van der Waals surface area contributed by atoms with Crippen LogP contribution in [0.15, 0.2) is 30.6 Å². The summed E-state index contributed by atoms with van der Waals surface area (Å²) in [4.78, 5) is 18.2. The van der Waals surface area contributed by atoms with Gasteiger partial charge in [-0.15, -0.1) is 0 Å². The third kappa shape index (κ3) is 5.65. The SMILES string of the molecule is CCCN(CCn1cnc2cc(C=CC(=O)NO)ccc21)C(C)(C)CCC. The number of rotatable bonds is 10. The molecule has 0 aliphatic heterocycles. The normalized spacial score (nSPS) is 12.4. The van der Waals surface area contributed by atoms with E-state index in [1.165, 1.54) is 18.9 Å². The van der Waals surface area contributed by atoms with E-state index >= 15 is 0 Å². The van der Waals surface area contributed by atoms with Crippen molar-refractivity contribution in [3.63, 3.8) is 0 Å². The van der Waals surface area contributed by atoms with Crippen LogP contribution in [0, 0.1) is 0 Å². The second kappa shape index (κ2) is 9.67. The standard InChI is InChI=1S/C21H32N4O2/c1-5-11-21(3,4)25(12-6-2)14-13-24-16-22-18-15-17(7-9-19(18)24)8-10-20(26)23-27/h7-10,15-16,27H,5-6,11-14H2,1-4H3,(H,23,26).